The lowest BCUT2D eigenvalue weighted by Gasteiger charge is -2.18. The first-order valence-electron chi connectivity index (χ1n) is 7.72. The monoisotopic (exact) mass is 274 g/mol. The number of rotatable bonds is 3. The van der Waals surface area contributed by atoms with Crippen molar-refractivity contribution in [2.45, 2.75) is 33.1 Å². The number of allylic oxidation sites excluding steroid dienone is 9. The van der Waals surface area contributed by atoms with Gasteiger partial charge in [-0.15, -0.1) is 0 Å². The number of hydrogen-bond donors (Lipinski definition) is 0. The van der Waals surface area contributed by atoms with Crippen LogP contribution in [0, 0.1) is 0 Å². The molecule has 0 saturated carbocycles. The highest BCUT2D eigenvalue weighted by Gasteiger charge is 2.23. The maximum atomic E-state index is 4.03. The highest BCUT2D eigenvalue weighted by molar-refractivity contribution is 5.91. The molecule has 1 aromatic rings. The van der Waals surface area contributed by atoms with Gasteiger partial charge >= 0.3 is 0 Å². The highest BCUT2D eigenvalue weighted by Crippen LogP contribution is 2.42. The Kier molecular flexibility index (Phi) is 3.79. The number of fused-ring (bicyclic) bond motifs is 1. The van der Waals surface area contributed by atoms with Crippen LogP contribution >= 0.6 is 0 Å². The van der Waals surface area contributed by atoms with Crippen LogP contribution in [-0.2, 0) is 6.42 Å². The molecule has 0 spiro atoms. The van der Waals surface area contributed by atoms with Crippen LogP contribution in [0.4, 0.5) is 0 Å². The highest BCUT2D eigenvalue weighted by atomic mass is 14.3. The Morgan fingerprint density at radius 2 is 1.95 bits per heavy atom. The van der Waals surface area contributed by atoms with Gasteiger partial charge in [-0.1, -0.05) is 60.7 Å². The third-order valence-electron chi connectivity index (χ3n) is 4.50. The minimum atomic E-state index is 1.01. The van der Waals surface area contributed by atoms with Crippen LogP contribution in [0.25, 0.3) is 5.57 Å². The van der Waals surface area contributed by atoms with E-state index in [0.717, 1.165) is 12.8 Å². The maximum Gasteiger partial charge on any atom is -0.00134 e. The molecular formula is C21H22. The molecule has 0 aliphatic heterocycles. The summed E-state index contributed by atoms with van der Waals surface area (Å²) in [6.45, 7) is 8.39. The summed E-state index contributed by atoms with van der Waals surface area (Å²) in [4.78, 5) is 0. The standard InChI is InChI=1S/C21H22/c1-4-16-14-18-8-6-7-9-20(18)21(16)19(5-2)17-12-10-15(3)11-13-17/h4-10,12H,1,11,13-14H2,2-3H3/b19-5-. The molecule has 0 saturated heterocycles. The van der Waals surface area contributed by atoms with Gasteiger partial charge in [0, 0.05) is 0 Å². The Morgan fingerprint density at radius 3 is 2.62 bits per heavy atom. The van der Waals surface area contributed by atoms with E-state index >= 15 is 0 Å². The van der Waals surface area contributed by atoms with Crippen molar-refractivity contribution in [2.24, 2.45) is 0 Å². The van der Waals surface area contributed by atoms with Gasteiger partial charge < -0.3 is 0 Å². The molecule has 0 fully saturated rings. The van der Waals surface area contributed by atoms with Gasteiger partial charge in [-0.2, -0.15) is 0 Å². The van der Waals surface area contributed by atoms with Gasteiger partial charge in [0.25, 0.3) is 0 Å². The third-order valence-corrected chi connectivity index (χ3v) is 4.50. The molecule has 21 heavy (non-hydrogen) atoms. The van der Waals surface area contributed by atoms with Crippen LogP contribution in [0.3, 0.4) is 0 Å². The maximum absolute atomic E-state index is 4.03. The van der Waals surface area contributed by atoms with Crippen molar-refractivity contribution in [1.29, 1.82) is 0 Å². The minimum Gasteiger partial charge on any atom is -0.0988 e. The number of hydrogen-bond acceptors (Lipinski definition) is 0. The summed E-state index contributed by atoms with van der Waals surface area (Å²) in [6, 6.07) is 8.74. The van der Waals surface area contributed by atoms with Crippen LogP contribution in [0.2, 0.25) is 0 Å². The summed E-state index contributed by atoms with van der Waals surface area (Å²) >= 11 is 0. The Bertz CT molecular complexity index is 705. The molecule has 0 atom stereocenters. The lowest BCUT2D eigenvalue weighted by molar-refractivity contribution is 0.919. The van der Waals surface area contributed by atoms with E-state index in [1.54, 1.807) is 0 Å². The summed E-state index contributed by atoms with van der Waals surface area (Å²) in [5.74, 6) is 0. The Labute approximate surface area is 127 Å². The molecule has 106 valence electrons. The second-order valence-corrected chi connectivity index (χ2v) is 5.85. The normalized spacial score (nSPS) is 18.3. The van der Waals surface area contributed by atoms with Crippen molar-refractivity contribution in [1.82, 2.24) is 0 Å². The minimum absolute atomic E-state index is 1.01. The molecular weight excluding hydrogens is 252 g/mol. The van der Waals surface area contributed by atoms with Gasteiger partial charge in [0.2, 0.25) is 0 Å². The molecule has 2 aliphatic carbocycles. The van der Waals surface area contributed by atoms with Gasteiger partial charge in [0.1, 0.15) is 0 Å². The summed E-state index contributed by atoms with van der Waals surface area (Å²) in [7, 11) is 0. The average Bonchev–Trinajstić information content (AvgIpc) is 2.89. The van der Waals surface area contributed by atoms with E-state index < -0.39 is 0 Å². The van der Waals surface area contributed by atoms with Gasteiger partial charge in [0.15, 0.2) is 0 Å². The first-order chi connectivity index (χ1) is 10.2. The smallest absolute Gasteiger partial charge is 0.00134 e. The molecule has 0 N–H and O–H groups in total. The molecule has 0 unspecified atom stereocenters. The molecule has 0 aromatic heterocycles. The van der Waals surface area contributed by atoms with Crippen LogP contribution in [0.5, 0.6) is 0 Å². The summed E-state index contributed by atoms with van der Waals surface area (Å²) in [5.41, 5.74) is 9.86. The molecule has 0 heteroatoms. The second kappa shape index (κ2) is 5.73. The molecule has 0 amide bonds. The zero-order valence-corrected chi connectivity index (χ0v) is 12.9. The summed E-state index contributed by atoms with van der Waals surface area (Å²) in [5, 5.41) is 0. The first-order valence-corrected chi connectivity index (χ1v) is 7.72. The van der Waals surface area contributed by atoms with E-state index in [1.807, 2.05) is 6.08 Å². The van der Waals surface area contributed by atoms with Crippen molar-refractivity contribution in [3.63, 3.8) is 0 Å². The van der Waals surface area contributed by atoms with Gasteiger partial charge in [-0.05, 0) is 66.5 Å². The molecule has 0 nitrogen and oxygen atoms in total. The Morgan fingerprint density at radius 1 is 1.14 bits per heavy atom. The van der Waals surface area contributed by atoms with Gasteiger partial charge in [-0.25, -0.2) is 0 Å². The third kappa shape index (κ3) is 2.47. The molecule has 3 rings (SSSR count). The topological polar surface area (TPSA) is 0 Å². The fraction of sp³-hybridized carbons (Fsp3) is 0.238. The summed E-state index contributed by atoms with van der Waals surface area (Å²) in [6.07, 6.45) is 12.2. The quantitative estimate of drug-likeness (QED) is 0.654. The zero-order valence-electron chi connectivity index (χ0n) is 12.9. The molecule has 0 bridgehead atoms. The number of benzene rings is 1. The lowest BCUT2D eigenvalue weighted by Crippen LogP contribution is -1.98. The van der Waals surface area contributed by atoms with Crippen molar-refractivity contribution in [3.8, 4) is 0 Å². The average molecular weight is 274 g/mol. The van der Waals surface area contributed by atoms with Crippen LogP contribution in [0.1, 0.15) is 37.8 Å². The largest absolute Gasteiger partial charge is 0.0988 e. The van der Waals surface area contributed by atoms with E-state index in [1.165, 1.54) is 45.4 Å². The van der Waals surface area contributed by atoms with Gasteiger partial charge in [-0.3, -0.25) is 0 Å². The molecule has 2 aliphatic rings. The van der Waals surface area contributed by atoms with Crippen molar-refractivity contribution in [3.05, 3.63) is 88.6 Å². The van der Waals surface area contributed by atoms with Crippen LogP contribution in [0.15, 0.2) is 77.4 Å². The Balaban J connectivity index is 2.10. The summed E-state index contributed by atoms with van der Waals surface area (Å²) < 4.78 is 0. The van der Waals surface area contributed by atoms with E-state index in [4.69, 9.17) is 0 Å². The Hall–Kier alpha value is -2.08. The fourth-order valence-corrected chi connectivity index (χ4v) is 3.33. The van der Waals surface area contributed by atoms with Crippen molar-refractivity contribution < 1.29 is 0 Å². The van der Waals surface area contributed by atoms with E-state index in [9.17, 15) is 0 Å². The predicted octanol–water partition coefficient (Wildman–Crippen LogP) is 5.80. The SMILES string of the molecule is C=CC1=C(/C(=C\C)C2=CC=C(C)CC2)c2ccccc2C1. The molecule has 0 radical (unpaired) electrons. The van der Waals surface area contributed by atoms with Crippen molar-refractivity contribution >= 4 is 5.57 Å². The van der Waals surface area contributed by atoms with E-state index in [0.29, 0.717) is 0 Å². The lowest BCUT2D eigenvalue weighted by atomic mass is 9.86. The van der Waals surface area contributed by atoms with Gasteiger partial charge in [0.05, 0.1) is 0 Å². The molecule has 1 aromatic carbocycles. The fourth-order valence-electron chi connectivity index (χ4n) is 3.33. The van der Waals surface area contributed by atoms with Crippen molar-refractivity contribution in [2.75, 3.05) is 0 Å². The zero-order chi connectivity index (χ0) is 14.8. The van der Waals surface area contributed by atoms with Crippen LogP contribution < -0.4 is 0 Å². The van der Waals surface area contributed by atoms with E-state index in [2.05, 4.69) is 62.9 Å². The van der Waals surface area contributed by atoms with Crippen LogP contribution in [-0.4, -0.2) is 0 Å². The predicted molar refractivity (Wildman–Crippen MR) is 92.1 cm³/mol. The second-order valence-electron chi connectivity index (χ2n) is 5.85. The first kappa shape index (κ1) is 13.9. The van der Waals surface area contributed by atoms with E-state index in [-0.39, 0.29) is 0 Å². The molecule has 0 heterocycles.